The molecule has 0 radical (unpaired) electrons. The van der Waals surface area contributed by atoms with Gasteiger partial charge in [0.25, 0.3) is 10.2 Å². The largest absolute Gasteiger partial charge is 0.475 e. The van der Waals surface area contributed by atoms with Gasteiger partial charge in [-0.05, 0) is 0 Å². The fourth-order valence-electron chi connectivity index (χ4n) is 0.804. The minimum atomic E-state index is -2.63. The summed E-state index contributed by atoms with van der Waals surface area (Å²) in [6.45, 7) is -3.86. The van der Waals surface area contributed by atoms with Crippen molar-refractivity contribution in [2.24, 2.45) is 0 Å². The molecule has 0 unspecified atom stereocenters. The van der Waals surface area contributed by atoms with E-state index in [4.69, 9.17) is 5.21 Å². The Morgan fingerprint density at radius 2 is 1.21 bits per heavy atom. The first-order valence-corrected chi connectivity index (χ1v) is 4.18. The minimum Gasteiger partial charge on any atom is -0.306 e. The van der Waals surface area contributed by atoms with Crippen molar-refractivity contribution in [1.82, 2.24) is 0 Å². The summed E-state index contributed by atoms with van der Waals surface area (Å²) in [6, 6.07) is 0. The Kier molecular flexibility index (Phi) is 5.61. The Morgan fingerprint density at radius 3 is 1.47 bits per heavy atom. The van der Waals surface area contributed by atoms with Crippen LogP contribution in [0.25, 0.3) is 0 Å². The summed E-state index contributed by atoms with van der Waals surface area (Å²) in [6.07, 6.45) is 0. The van der Waals surface area contributed by atoms with Gasteiger partial charge in [-0.25, -0.2) is 5.21 Å². The summed E-state index contributed by atoms with van der Waals surface area (Å²) >= 11 is 0. The first-order valence-electron chi connectivity index (χ1n) is 4.18. The average molecular weight is 287 g/mol. The van der Waals surface area contributed by atoms with Gasteiger partial charge in [-0.15, -0.1) is 20.2 Å². The molecule has 0 spiro atoms. The van der Waals surface area contributed by atoms with Gasteiger partial charge in [-0.2, -0.15) is 4.84 Å². The molecule has 0 heterocycles. The molecule has 0 saturated heterocycles. The Balaban J connectivity index is 4.97. The van der Waals surface area contributed by atoms with E-state index < -0.39 is 45.5 Å². The van der Waals surface area contributed by atoms with Gasteiger partial charge in [0.15, 0.2) is 13.2 Å². The topological polar surface area (TPSA) is 197 Å². The van der Waals surface area contributed by atoms with Crippen molar-refractivity contribution in [1.29, 1.82) is 0 Å². The second-order valence-corrected chi connectivity index (χ2v) is 2.99. The van der Waals surface area contributed by atoms with Crippen molar-refractivity contribution in [2.45, 2.75) is 5.54 Å². The van der Waals surface area contributed by atoms with E-state index >= 15 is 0 Å². The molecule has 0 amide bonds. The predicted molar refractivity (Wildman–Crippen MR) is 47.0 cm³/mol. The number of rotatable bonds is 10. The average Bonchev–Trinajstić information content (AvgIpc) is 2.27. The van der Waals surface area contributed by atoms with E-state index in [-0.39, 0.29) is 0 Å². The third kappa shape index (κ3) is 5.75. The van der Waals surface area contributed by atoms with Crippen LogP contribution in [0, 0.1) is 35.3 Å². The van der Waals surface area contributed by atoms with E-state index in [9.17, 15) is 35.3 Å². The highest BCUT2D eigenvalue weighted by Gasteiger charge is 2.49. The number of hydrogen-bond donors (Lipinski definition) is 1. The predicted octanol–water partition coefficient (Wildman–Crippen LogP) is -1.48. The van der Waals surface area contributed by atoms with Gasteiger partial charge in [0.05, 0.1) is 0 Å². The van der Waals surface area contributed by atoms with Crippen LogP contribution in [0.2, 0.25) is 0 Å². The standard InChI is InChI=1S/C4H7N4O11/c9-5(10)4(1-17-6(11)12,2-18-7(13)14)3-19-8(15)16/h1-3H2,(H,11,12)/q+1. The lowest BCUT2D eigenvalue weighted by molar-refractivity contribution is -0.979. The molecule has 0 saturated carbocycles. The number of hydrogen-bond acceptors (Lipinski definition) is 10. The zero-order chi connectivity index (χ0) is 15.1. The molecule has 1 N–H and O–H groups in total. The molecule has 19 heavy (non-hydrogen) atoms. The minimum absolute atomic E-state index is 1.16. The molecule has 0 aliphatic carbocycles. The molecular weight excluding hydrogens is 280 g/mol. The van der Waals surface area contributed by atoms with Crippen molar-refractivity contribution in [3.8, 4) is 0 Å². The maximum Gasteiger partial charge on any atom is 0.475 e. The summed E-state index contributed by atoms with van der Waals surface area (Å²) < 4.78 is 0. The van der Waals surface area contributed by atoms with Crippen LogP contribution in [0.3, 0.4) is 0 Å². The molecule has 108 valence electrons. The van der Waals surface area contributed by atoms with Crippen LogP contribution in [-0.2, 0) is 14.5 Å². The smallest absolute Gasteiger partial charge is 0.306 e. The first kappa shape index (κ1) is 16.0. The van der Waals surface area contributed by atoms with Gasteiger partial charge in [-0.3, -0.25) is 10.1 Å². The van der Waals surface area contributed by atoms with Crippen LogP contribution in [0.4, 0.5) is 0 Å². The molecule has 0 aromatic carbocycles. The first-order chi connectivity index (χ1) is 8.69. The van der Waals surface area contributed by atoms with Crippen LogP contribution in [0.1, 0.15) is 0 Å². The van der Waals surface area contributed by atoms with E-state index in [1.165, 1.54) is 0 Å². The second-order valence-electron chi connectivity index (χ2n) is 2.99. The summed E-state index contributed by atoms with van der Waals surface area (Å²) in [5.41, 5.74) is -2.63. The van der Waals surface area contributed by atoms with Crippen molar-refractivity contribution in [2.75, 3.05) is 19.8 Å². The fourth-order valence-corrected chi connectivity index (χ4v) is 0.804. The molecule has 0 fully saturated rings. The Labute approximate surface area is 102 Å². The van der Waals surface area contributed by atoms with E-state index in [1.807, 2.05) is 0 Å². The van der Waals surface area contributed by atoms with Crippen LogP contribution in [0.15, 0.2) is 0 Å². The third-order valence-corrected chi connectivity index (χ3v) is 1.71. The summed E-state index contributed by atoms with van der Waals surface area (Å²) in [5.74, 6) is 0. The quantitative estimate of drug-likeness (QED) is 0.362. The molecule has 0 aromatic heterocycles. The summed E-state index contributed by atoms with van der Waals surface area (Å²) in [5, 5.41) is 34.9. The van der Waals surface area contributed by atoms with Crippen molar-refractivity contribution in [3.63, 3.8) is 0 Å². The lowest BCUT2D eigenvalue weighted by Crippen LogP contribution is -2.52. The molecule has 0 rings (SSSR count). The van der Waals surface area contributed by atoms with Crippen LogP contribution in [0.5, 0.6) is 0 Å². The van der Waals surface area contributed by atoms with E-state index in [2.05, 4.69) is 14.5 Å². The maximum absolute atomic E-state index is 10.8. The van der Waals surface area contributed by atoms with Crippen molar-refractivity contribution >= 4 is 0 Å². The molecule has 0 aliphatic heterocycles. The molecule has 15 nitrogen and oxygen atoms in total. The maximum atomic E-state index is 10.8. The van der Waals surface area contributed by atoms with E-state index in [1.54, 1.807) is 0 Å². The Bertz CT molecular complexity index is 335. The zero-order valence-corrected chi connectivity index (χ0v) is 8.94. The fraction of sp³-hybridized carbons (Fsp3) is 1.00. The number of nitrogens with zero attached hydrogens (tertiary/aromatic N) is 4. The van der Waals surface area contributed by atoms with Gasteiger partial charge >= 0.3 is 10.6 Å². The van der Waals surface area contributed by atoms with E-state index in [0.29, 0.717) is 0 Å². The van der Waals surface area contributed by atoms with Crippen molar-refractivity contribution in [3.05, 3.63) is 35.3 Å². The SMILES string of the molecule is O=[N+]([O-])OCC(CO[N+](=O)[O-])(CO[N+](=O)O)[N+](=O)[O-]. The number of nitro groups is 1. The normalized spacial score (nSPS) is 10.3. The second kappa shape index (κ2) is 6.67. The van der Waals surface area contributed by atoms with Crippen molar-refractivity contribution < 1.29 is 39.9 Å². The zero-order valence-electron chi connectivity index (χ0n) is 8.94. The van der Waals surface area contributed by atoms with Gasteiger partial charge in [0.2, 0.25) is 6.61 Å². The Hall–Kier alpha value is -3.00. The van der Waals surface area contributed by atoms with E-state index in [0.717, 1.165) is 0 Å². The van der Waals surface area contributed by atoms with Gasteiger partial charge < -0.3 is 9.68 Å². The van der Waals surface area contributed by atoms with Crippen LogP contribution < -0.4 is 0 Å². The molecular formula is C4H7N4O11+. The monoisotopic (exact) mass is 287 g/mol. The highest BCUT2D eigenvalue weighted by molar-refractivity contribution is 4.77. The molecule has 0 aromatic rings. The van der Waals surface area contributed by atoms with Crippen LogP contribution in [-0.4, -0.2) is 50.7 Å². The molecule has 0 atom stereocenters. The van der Waals surface area contributed by atoms with Gasteiger partial charge in [0, 0.05) is 4.92 Å². The molecule has 15 heteroatoms. The molecule has 0 bridgehead atoms. The third-order valence-electron chi connectivity index (χ3n) is 1.71. The lowest BCUT2D eigenvalue weighted by Gasteiger charge is -2.19. The van der Waals surface area contributed by atoms with Gasteiger partial charge in [0.1, 0.15) is 4.91 Å². The summed E-state index contributed by atoms with van der Waals surface area (Å²) in [7, 11) is 0. The summed E-state index contributed by atoms with van der Waals surface area (Å²) in [4.78, 5) is 50.8. The highest BCUT2D eigenvalue weighted by atomic mass is 17.0. The van der Waals surface area contributed by atoms with Gasteiger partial charge in [-0.1, -0.05) is 0 Å². The highest BCUT2D eigenvalue weighted by Crippen LogP contribution is 2.13. The molecule has 0 aliphatic rings. The Morgan fingerprint density at radius 1 is 0.842 bits per heavy atom. The van der Waals surface area contributed by atoms with Crippen LogP contribution >= 0.6 is 0 Å². The lowest BCUT2D eigenvalue weighted by atomic mass is 10.1.